The highest BCUT2D eigenvalue weighted by Crippen LogP contribution is 2.67. The Morgan fingerprint density at radius 3 is 2.09 bits per heavy atom. The zero-order valence-corrected chi connectivity index (χ0v) is 27.8. The van der Waals surface area contributed by atoms with Gasteiger partial charge >= 0.3 is 15.1 Å². The molecule has 3 aliphatic heterocycles. The molecule has 4 aromatic heterocycles. The molecule has 0 spiro atoms. The van der Waals surface area contributed by atoms with Crippen LogP contribution in [0.4, 0.5) is 11.6 Å². The molecule has 7 rings (SSSR count). The van der Waals surface area contributed by atoms with Crippen molar-refractivity contribution in [1.29, 1.82) is 0 Å². The third-order valence-electron chi connectivity index (χ3n) is 7.58. The zero-order valence-electron chi connectivity index (χ0n) is 25.1. The number of hydrogen-bond acceptors (Lipinski definition) is 19. The summed E-state index contributed by atoms with van der Waals surface area (Å²) in [6.07, 6.45) is -4.84. The Morgan fingerprint density at radius 2 is 1.47 bits per heavy atom. The van der Waals surface area contributed by atoms with Crippen LogP contribution >= 0.6 is 26.4 Å². The standard InChI is InChI=1S/C24H32N10O10P2S/c1-24(2,3)47-46(38)40-5-10-14(35)17(23(41-10)34-9-32-13-19(26)28-7-30-21(13)34)43-45(37)39-4-11-16(44-46)15(36)22(42-11)33-8-31-12-18(25)27-6-29-20(12)33/h6-11,14-17,22-23,35-36,45H,4-5H2,1-3H3,(H2,25,27,29)(H2,26,28,30)/t10-,11-,14-,15-,16-,17-,22-,23-,46+/m1/s1. The summed E-state index contributed by atoms with van der Waals surface area (Å²) in [4.78, 5) is 24.8. The van der Waals surface area contributed by atoms with E-state index in [1.54, 1.807) is 0 Å². The van der Waals surface area contributed by atoms with Gasteiger partial charge in [-0.15, -0.1) is 0 Å². The van der Waals surface area contributed by atoms with Crippen molar-refractivity contribution in [2.24, 2.45) is 0 Å². The van der Waals surface area contributed by atoms with Crippen LogP contribution in [0.3, 0.4) is 0 Å². The summed E-state index contributed by atoms with van der Waals surface area (Å²) >= 11 is 0.897. The highest BCUT2D eigenvalue weighted by Gasteiger charge is 2.53. The van der Waals surface area contributed by atoms with Crippen molar-refractivity contribution in [3.63, 3.8) is 0 Å². The van der Waals surface area contributed by atoms with E-state index in [1.165, 1.54) is 34.4 Å². The van der Waals surface area contributed by atoms with Gasteiger partial charge in [-0.1, -0.05) is 20.8 Å². The maximum atomic E-state index is 14.5. The number of rotatable bonds is 3. The minimum Gasteiger partial charge on any atom is -0.387 e. The first kappa shape index (κ1) is 32.7. The van der Waals surface area contributed by atoms with E-state index in [1.807, 2.05) is 20.8 Å². The molecule has 1 unspecified atom stereocenters. The average Bonchev–Trinajstić information content (AvgIpc) is 3.76. The van der Waals surface area contributed by atoms with Gasteiger partial charge < -0.3 is 35.7 Å². The van der Waals surface area contributed by atoms with Gasteiger partial charge in [0.05, 0.1) is 25.9 Å². The van der Waals surface area contributed by atoms with Gasteiger partial charge in [0, 0.05) is 4.75 Å². The first-order valence-electron chi connectivity index (χ1n) is 14.3. The monoisotopic (exact) mass is 714 g/mol. The summed E-state index contributed by atoms with van der Waals surface area (Å²) in [5, 5.41) is 22.8. The van der Waals surface area contributed by atoms with Crippen LogP contribution in [0.2, 0.25) is 0 Å². The van der Waals surface area contributed by atoms with Crippen molar-refractivity contribution in [2.75, 3.05) is 24.7 Å². The Morgan fingerprint density at radius 1 is 0.872 bits per heavy atom. The summed E-state index contributed by atoms with van der Waals surface area (Å²) in [5.41, 5.74) is 13.0. The highest BCUT2D eigenvalue weighted by atomic mass is 32.7. The molecule has 0 radical (unpaired) electrons. The second-order valence-electron chi connectivity index (χ2n) is 11.9. The Labute approximate surface area is 270 Å². The highest BCUT2D eigenvalue weighted by molar-refractivity contribution is 8.55. The second kappa shape index (κ2) is 12.3. The second-order valence-corrected chi connectivity index (χ2v) is 17.6. The lowest BCUT2D eigenvalue weighted by Gasteiger charge is -2.30. The van der Waals surface area contributed by atoms with E-state index in [0.29, 0.717) is 0 Å². The lowest BCUT2D eigenvalue weighted by Crippen LogP contribution is -2.36. The summed E-state index contributed by atoms with van der Waals surface area (Å²) < 4.78 is 65.6. The van der Waals surface area contributed by atoms with Gasteiger partial charge in [0.25, 0.3) is 0 Å². The quantitative estimate of drug-likeness (QED) is 0.217. The number of nitrogens with zero attached hydrogens (tertiary/aromatic N) is 8. The smallest absolute Gasteiger partial charge is 0.387 e. The maximum Gasteiger partial charge on any atom is 0.390 e. The Kier molecular flexibility index (Phi) is 8.54. The van der Waals surface area contributed by atoms with Gasteiger partial charge in [-0.25, -0.2) is 34.5 Å². The van der Waals surface area contributed by atoms with E-state index < -0.39 is 82.1 Å². The molecule has 0 saturated carbocycles. The van der Waals surface area contributed by atoms with E-state index in [9.17, 15) is 19.3 Å². The van der Waals surface area contributed by atoms with Gasteiger partial charge in [-0.05, 0) is 11.4 Å². The van der Waals surface area contributed by atoms with Crippen LogP contribution in [0.15, 0.2) is 25.3 Å². The first-order valence-corrected chi connectivity index (χ1v) is 18.5. The van der Waals surface area contributed by atoms with E-state index in [0.717, 1.165) is 11.4 Å². The van der Waals surface area contributed by atoms with E-state index in [2.05, 4.69) is 29.9 Å². The van der Waals surface area contributed by atoms with Gasteiger partial charge in [0.15, 0.2) is 35.4 Å². The first-order chi connectivity index (χ1) is 22.3. The predicted molar refractivity (Wildman–Crippen MR) is 165 cm³/mol. The molecule has 23 heteroatoms. The molecule has 3 fully saturated rings. The van der Waals surface area contributed by atoms with Crippen LogP contribution in [0.5, 0.6) is 0 Å². The number of nitrogen functional groups attached to an aromatic ring is 2. The minimum absolute atomic E-state index is 0.118. The third kappa shape index (κ3) is 6.15. The topological polar surface area (TPSA) is 269 Å². The van der Waals surface area contributed by atoms with Crippen LogP contribution < -0.4 is 11.5 Å². The molecule has 254 valence electrons. The molecule has 4 aromatic rings. The summed E-state index contributed by atoms with van der Waals surface area (Å²) in [5.74, 6) is 0.239. The fraction of sp³-hybridized carbons (Fsp3) is 0.583. The number of aromatic nitrogens is 8. The number of fused-ring (bicyclic) bond motifs is 5. The number of ether oxygens (including phenoxy) is 2. The largest absolute Gasteiger partial charge is 0.390 e. The van der Waals surface area contributed by atoms with Crippen LogP contribution in [0.25, 0.3) is 22.3 Å². The van der Waals surface area contributed by atoms with E-state index >= 15 is 0 Å². The molecule has 10 atom stereocenters. The Bertz CT molecular complexity index is 1870. The summed E-state index contributed by atoms with van der Waals surface area (Å²) in [7, 11) is -3.37. The fourth-order valence-electron chi connectivity index (χ4n) is 5.56. The van der Waals surface area contributed by atoms with Gasteiger partial charge in [-0.3, -0.25) is 27.3 Å². The van der Waals surface area contributed by atoms with Crippen molar-refractivity contribution in [3.05, 3.63) is 25.3 Å². The van der Waals surface area contributed by atoms with Crippen LogP contribution in [-0.2, 0) is 36.7 Å². The molecule has 3 aliphatic rings. The normalized spacial score (nSPS) is 35.4. The molecule has 0 aliphatic carbocycles. The zero-order chi connectivity index (χ0) is 33.2. The van der Waals surface area contributed by atoms with Crippen LogP contribution in [0, 0.1) is 0 Å². The predicted octanol–water partition coefficient (Wildman–Crippen LogP) is 1.19. The lowest BCUT2D eigenvalue weighted by molar-refractivity contribution is -0.0570. The fourth-order valence-corrected chi connectivity index (χ4v) is 10.9. The van der Waals surface area contributed by atoms with Gasteiger partial charge in [0.2, 0.25) is 0 Å². The summed E-state index contributed by atoms with van der Waals surface area (Å²) in [6.45, 7) is 0.374. The average molecular weight is 715 g/mol. The molecule has 6 N–H and O–H groups in total. The number of aliphatic hydroxyl groups excluding tert-OH is 2. The molecule has 7 heterocycles. The number of anilines is 2. The van der Waals surface area contributed by atoms with Crippen molar-refractivity contribution >= 4 is 60.4 Å². The van der Waals surface area contributed by atoms with Crippen molar-refractivity contribution in [2.45, 2.75) is 74.6 Å². The van der Waals surface area contributed by atoms with Crippen molar-refractivity contribution in [3.8, 4) is 0 Å². The van der Waals surface area contributed by atoms with Crippen LogP contribution in [0.1, 0.15) is 33.2 Å². The molecule has 47 heavy (non-hydrogen) atoms. The Balaban J connectivity index is 1.22. The Hall–Kier alpha value is -2.81. The number of nitrogens with two attached hydrogens (primary N) is 2. The number of aliphatic hydroxyl groups is 2. The summed E-state index contributed by atoms with van der Waals surface area (Å²) in [6, 6.07) is 0. The third-order valence-corrected chi connectivity index (χ3v) is 13.1. The van der Waals surface area contributed by atoms with Crippen molar-refractivity contribution < 1.29 is 46.9 Å². The van der Waals surface area contributed by atoms with Crippen molar-refractivity contribution in [1.82, 2.24) is 39.0 Å². The molecule has 20 nitrogen and oxygen atoms in total. The lowest BCUT2D eigenvalue weighted by atomic mass is 10.1. The van der Waals surface area contributed by atoms with E-state index in [4.69, 9.17) is 39.0 Å². The molecule has 0 amide bonds. The van der Waals surface area contributed by atoms with Crippen LogP contribution in [-0.4, -0.2) is 104 Å². The van der Waals surface area contributed by atoms with E-state index in [-0.39, 0.29) is 34.0 Å². The molecular weight excluding hydrogens is 682 g/mol. The maximum absolute atomic E-state index is 14.5. The van der Waals surface area contributed by atoms with Gasteiger partial charge in [-0.2, -0.15) is 0 Å². The minimum atomic E-state index is -4.17. The molecular formula is C24H32N10O10P2S. The number of imidazole rings is 2. The molecule has 3 saturated heterocycles. The molecule has 0 aromatic carbocycles. The number of hydrogen-bond donors (Lipinski definition) is 4. The van der Waals surface area contributed by atoms with Gasteiger partial charge in [0.1, 0.15) is 60.3 Å². The molecule has 2 bridgehead atoms. The SMILES string of the molecule is CC(C)(C)S[P@@]1(=O)OC[C@H]2O[C@@H](n3cnc4c(N)ncnc43)[C@H](O[PH](=O)OC[C@H]3O[C@@H](n4cnc5c(N)ncnc54)[C@H](O)[C@@H]3O1)[C@@H]2O.